The van der Waals surface area contributed by atoms with Gasteiger partial charge in [0.15, 0.2) is 6.61 Å². The van der Waals surface area contributed by atoms with Crippen LogP contribution in [0.1, 0.15) is 27.7 Å². The van der Waals surface area contributed by atoms with Crippen LogP contribution in [0.4, 0.5) is 5.69 Å². The highest BCUT2D eigenvalue weighted by molar-refractivity contribution is 7.11. The summed E-state index contributed by atoms with van der Waals surface area (Å²) in [6.07, 6.45) is 2.95. The van der Waals surface area contributed by atoms with Gasteiger partial charge in [0, 0.05) is 16.6 Å². The fraction of sp³-hybridized carbons (Fsp3) is 0.211. The first kappa shape index (κ1) is 19.4. The lowest BCUT2D eigenvalue weighted by Crippen LogP contribution is -2.20. The predicted octanol–water partition coefficient (Wildman–Crippen LogP) is 3.43. The molecule has 2 aromatic rings. The zero-order chi connectivity index (χ0) is 18.9. The standard InChI is InChI=1S/C19H19NO5S/c1-3-24-19(23)14-4-6-15(7-5-14)20-17(21)12-25-18(22)9-8-16-13(2)10-11-26-16/h4-11H,3,12H2,1-2H3,(H,20,21)/b9-8+. The summed E-state index contributed by atoms with van der Waals surface area (Å²) >= 11 is 1.52. The molecule has 1 aromatic carbocycles. The molecule has 1 heterocycles. The molecular formula is C19H19NO5S. The highest BCUT2D eigenvalue weighted by atomic mass is 32.1. The van der Waals surface area contributed by atoms with Gasteiger partial charge in [-0.25, -0.2) is 9.59 Å². The van der Waals surface area contributed by atoms with Crippen molar-refractivity contribution in [2.24, 2.45) is 0 Å². The Morgan fingerprint density at radius 1 is 1.12 bits per heavy atom. The van der Waals surface area contributed by atoms with E-state index in [4.69, 9.17) is 9.47 Å². The van der Waals surface area contributed by atoms with Crippen molar-refractivity contribution in [3.8, 4) is 0 Å². The number of thiophene rings is 1. The van der Waals surface area contributed by atoms with E-state index in [1.54, 1.807) is 37.3 Å². The summed E-state index contributed by atoms with van der Waals surface area (Å²) < 4.78 is 9.78. The van der Waals surface area contributed by atoms with Crippen molar-refractivity contribution in [2.75, 3.05) is 18.5 Å². The third-order valence-corrected chi connectivity index (χ3v) is 4.28. The topological polar surface area (TPSA) is 81.7 Å². The van der Waals surface area contributed by atoms with Gasteiger partial charge in [-0.15, -0.1) is 11.3 Å². The third kappa shape index (κ3) is 5.86. The molecule has 0 bridgehead atoms. The van der Waals surface area contributed by atoms with Crippen molar-refractivity contribution in [1.29, 1.82) is 0 Å². The molecule has 0 unspecified atom stereocenters. The zero-order valence-electron chi connectivity index (χ0n) is 14.5. The monoisotopic (exact) mass is 373 g/mol. The largest absolute Gasteiger partial charge is 0.462 e. The van der Waals surface area contributed by atoms with Gasteiger partial charge in [-0.2, -0.15) is 0 Å². The molecule has 0 radical (unpaired) electrons. The van der Waals surface area contributed by atoms with E-state index >= 15 is 0 Å². The first-order valence-electron chi connectivity index (χ1n) is 7.95. The maximum Gasteiger partial charge on any atom is 0.338 e. The van der Waals surface area contributed by atoms with E-state index in [1.807, 2.05) is 18.4 Å². The molecule has 7 heteroatoms. The highest BCUT2D eigenvalue weighted by Crippen LogP contribution is 2.17. The maximum absolute atomic E-state index is 11.8. The molecule has 1 N–H and O–H groups in total. The number of esters is 2. The molecule has 1 amide bonds. The first-order valence-corrected chi connectivity index (χ1v) is 8.83. The van der Waals surface area contributed by atoms with Crippen LogP contribution >= 0.6 is 11.3 Å². The number of amides is 1. The Hall–Kier alpha value is -2.93. The smallest absolute Gasteiger partial charge is 0.338 e. The minimum absolute atomic E-state index is 0.295. The fourth-order valence-electron chi connectivity index (χ4n) is 1.98. The van der Waals surface area contributed by atoms with Crippen molar-refractivity contribution in [3.63, 3.8) is 0 Å². The summed E-state index contributed by atoms with van der Waals surface area (Å²) in [6.45, 7) is 3.57. The number of aryl methyl sites for hydroxylation is 1. The van der Waals surface area contributed by atoms with Gasteiger partial charge in [0.2, 0.25) is 0 Å². The first-order chi connectivity index (χ1) is 12.5. The van der Waals surface area contributed by atoms with E-state index in [0.29, 0.717) is 17.9 Å². The Balaban J connectivity index is 1.79. The Bertz CT molecular complexity index is 808. The summed E-state index contributed by atoms with van der Waals surface area (Å²) in [4.78, 5) is 36.0. The van der Waals surface area contributed by atoms with Crippen molar-refractivity contribution >= 4 is 40.9 Å². The van der Waals surface area contributed by atoms with Crippen molar-refractivity contribution < 1.29 is 23.9 Å². The van der Waals surface area contributed by atoms with E-state index in [9.17, 15) is 14.4 Å². The van der Waals surface area contributed by atoms with Crippen molar-refractivity contribution in [1.82, 2.24) is 0 Å². The molecule has 26 heavy (non-hydrogen) atoms. The molecule has 0 aliphatic rings. The second-order valence-electron chi connectivity index (χ2n) is 5.25. The minimum atomic E-state index is -0.592. The van der Waals surface area contributed by atoms with Crippen molar-refractivity contribution in [3.05, 3.63) is 57.8 Å². The van der Waals surface area contributed by atoms with Gasteiger partial charge < -0.3 is 14.8 Å². The summed E-state index contributed by atoms with van der Waals surface area (Å²) in [5.41, 5.74) is 1.96. The maximum atomic E-state index is 11.8. The summed E-state index contributed by atoms with van der Waals surface area (Å²) in [7, 11) is 0. The second-order valence-corrected chi connectivity index (χ2v) is 6.20. The Labute approximate surface area is 155 Å². The van der Waals surface area contributed by atoms with E-state index in [2.05, 4.69) is 5.32 Å². The van der Waals surface area contributed by atoms with Crippen LogP contribution in [0.15, 0.2) is 41.8 Å². The van der Waals surface area contributed by atoms with Gasteiger partial charge in [0.25, 0.3) is 5.91 Å². The minimum Gasteiger partial charge on any atom is -0.462 e. The third-order valence-electron chi connectivity index (χ3n) is 3.30. The number of benzene rings is 1. The second kappa shape index (κ2) is 9.53. The molecule has 0 spiro atoms. The highest BCUT2D eigenvalue weighted by Gasteiger charge is 2.08. The number of anilines is 1. The Morgan fingerprint density at radius 2 is 1.85 bits per heavy atom. The number of nitrogens with one attached hydrogen (secondary N) is 1. The van der Waals surface area contributed by atoms with Crippen LogP contribution in [-0.2, 0) is 19.1 Å². The van der Waals surface area contributed by atoms with E-state index in [0.717, 1.165) is 10.4 Å². The number of hydrogen-bond acceptors (Lipinski definition) is 6. The lowest BCUT2D eigenvalue weighted by Gasteiger charge is -2.06. The van der Waals surface area contributed by atoms with Crippen LogP contribution in [0.3, 0.4) is 0 Å². The average Bonchev–Trinajstić information content (AvgIpc) is 3.04. The number of carbonyl (C=O) groups is 3. The summed E-state index contributed by atoms with van der Waals surface area (Å²) in [6, 6.07) is 8.20. The molecule has 0 aliphatic heterocycles. The predicted molar refractivity (Wildman–Crippen MR) is 100 cm³/mol. The summed E-state index contributed by atoms with van der Waals surface area (Å²) in [5.74, 6) is -1.49. The van der Waals surface area contributed by atoms with Gasteiger partial charge >= 0.3 is 11.9 Å². The van der Waals surface area contributed by atoms with Crippen LogP contribution in [-0.4, -0.2) is 31.1 Å². The molecule has 6 nitrogen and oxygen atoms in total. The quantitative estimate of drug-likeness (QED) is 0.594. The van der Waals surface area contributed by atoms with E-state index in [-0.39, 0.29) is 0 Å². The van der Waals surface area contributed by atoms with E-state index < -0.39 is 24.5 Å². The van der Waals surface area contributed by atoms with Crippen LogP contribution in [0.5, 0.6) is 0 Å². The fourth-order valence-corrected chi connectivity index (χ4v) is 2.80. The van der Waals surface area contributed by atoms with Gasteiger partial charge in [-0.3, -0.25) is 4.79 Å². The molecule has 0 saturated heterocycles. The molecule has 136 valence electrons. The number of carbonyl (C=O) groups excluding carboxylic acids is 3. The molecule has 0 atom stereocenters. The van der Waals surface area contributed by atoms with Gasteiger partial charge in [0.1, 0.15) is 0 Å². The molecule has 0 aliphatic carbocycles. The van der Waals surface area contributed by atoms with Gasteiger partial charge in [-0.05, 0) is 61.2 Å². The lowest BCUT2D eigenvalue weighted by atomic mass is 10.2. The molecule has 2 rings (SSSR count). The SMILES string of the molecule is CCOC(=O)c1ccc(NC(=O)COC(=O)/C=C/c2sccc2C)cc1. The number of hydrogen-bond donors (Lipinski definition) is 1. The molecular weight excluding hydrogens is 354 g/mol. The Kier molecular flexibility index (Phi) is 7.11. The number of ether oxygens (including phenoxy) is 2. The average molecular weight is 373 g/mol. The normalized spacial score (nSPS) is 10.5. The zero-order valence-corrected chi connectivity index (χ0v) is 15.3. The van der Waals surface area contributed by atoms with Gasteiger partial charge in [-0.1, -0.05) is 0 Å². The molecule has 0 fully saturated rings. The van der Waals surface area contributed by atoms with Crippen molar-refractivity contribution in [2.45, 2.75) is 13.8 Å². The number of rotatable bonds is 7. The Morgan fingerprint density at radius 3 is 2.46 bits per heavy atom. The lowest BCUT2D eigenvalue weighted by molar-refractivity contribution is -0.142. The van der Waals surface area contributed by atoms with Crippen LogP contribution in [0, 0.1) is 6.92 Å². The molecule has 1 aromatic heterocycles. The van der Waals surface area contributed by atoms with E-state index in [1.165, 1.54) is 17.4 Å². The summed E-state index contributed by atoms with van der Waals surface area (Å²) in [5, 5.41) is 4.52. The van der Waals surface area contributed by atoms with Gasteiger partial charge in [0.05, 0.1) is 12.2 Å². The van der Waals surface area contributed by atoms with Crippen LogP contribution < -0.4 is 5.32 Å². The van der Waals surface area contributed by atoms with Crippen LogP contribution in [0.25, 0.3) is 6.08 Å². The van der Waals surface area contributed by atoms with Crippen LogP contribution in [0.2, 0.25) is 0 Å². The molecule has 0 saturated carbocycles.